The number of hydrogen-bond acceptors (Lipinski definition) is 7. The van der Waals surface area contributed by atoms with Crippen molar-refractivity contribution in [1.82, 2.24) is 26.2 Å². The van der Waals surface area contributed by atoms with E-state index in [9.17, 15) is 29.1 Å². The number of nitrogens with zero attached hydrogens (tertiary/aromatic N) is 1. The molecule has 1 aliphatic heterocycles. The molecule has 0 saturated carbocycles. The summed E-state index contributed by atoms with van der Waals surface area (Å²) in [4.78, 5) is 67.1. The van der Waals surface area contributed by atoms with E-state index in [1.807, 2.05) is 27.7 Å². The van der Waals surface area contributed by atoms with Crippen molar-refractivity contribution in [2.75, 3.05) is 20.2 Å². The summed E-state index contributed by atoms with van der Waals surface area (Å²) in [6.45, 7) is 9.83. The van der Waals surface area contributed by atoms with Crippen LogP contribution in [0.25, 0.3) is 0 Å². The fourth-order valence-electron chi connectivity index (χ4n) is 4.44. The van der Waals surface area contributed by atoms with E-state index in [2.05, 4.69) is 21.3 Å². The van der Waals surface area contributed by atoms with Crippen LogP contribution in [0.5, 0.6) is 5.75 Å². The Balaban J connectivity index is 2.48. The van der Waals surface area contributed by atoms with Crippen LogP contribution < -0.4 is 26.0 Å². The molecule has 0 bridgehead atoms. The van der Waals surface area contributed by atoms with E-state index in [0.29, 0.717) is 5.75 Å². The maximum atomic E-state index is 13.5. The smallest absolute Gasteiger partial charge is 0.251 e. The second-order valence-electron chi connectivity index (χ2n) is 11.3. The predicted octanol–water partition coefficient (Wildman–Crippen LogP) is 0.122. The molecule has 0 radical (unpaired) electrons. The van der Waals surface area contributed by atoms with Crippen LogP contribution in [0.1, 0.15) is 53.5 Å². The molecule has 5 atom stereocenters. The number of methoxy groups -OCH3 is 1. The SMILES string of the molecule is COc1ccc(C[C@@H]2NC(=O)[C@H](CC(C)C)NC(=O)CN(C(=O)[C@H](C)O)C[C@H](C(C)C)NC(=O)[C@@H](C)NC2=O)cc1. The average Bonchev–Trinajstić information content (AvgIpc) is 2.90. The van der Waals surface area contributed by atoms with E-state index in [-0.39, 0.29) is 31.2 Å². The Morgan fingerprint density at radius 3 is 2.07 bits per heavy atom. The zero-order valence-corrected chi connectivity index (χ0v) is 25.0. The molecular formula is C29H45N5O7. The second kappa shape index (κ2) is 15.4. The maximum absolute atomic E-state index is 13.5. The fourth-order valence-corrected chi connectivity index (χ4v) is 4.44. The number of benzene rings is 1. The number of nitrogens with one attached hydrogen (secondary N) is 4. The molecule has 41 heavy (non-hydrogen) atoms. The summed E-state index contributed by atoms with van der Waals surface area (Å²) in [6, 6.07) is 3.46. The van der Waals surface area contributed by atoms with Crippen molar-refractivity contribution in [3.8, 4) is 5.75 Å². The average molecular weight is 576 g/mol. The number of ether oxygens (including phenoxy) is 1. The summed E-state index contributed by atoms with van der Waals surface area (Å²) in [7, 11) is 1.54. The predicted molar refractivity (Wildman–Crippen MR) is 153 cm³/mol. The lowest BCUT2D eigenvalue weighted by Gasteiger charge is -2.31. The van der Waals surface area contributed by atoms with E-state index in [4.69, 9.17) is 4.74 Å². The molecule has 0 spiro atoms. The Bertz CT molecular complexity index is 1070. The van der Waals surface area contributed by atoms with E-state index in [0.717, 1.165) is 5.56 Å². The van der Waals surface area contributed by atoms with Crippen molar-refractivity contribution in [3.05, 3.63) is 29.8 Å². The van der Waals surface area contributed by atoms with Crippen LogP contribution in [-0.2, 0) is 30.4 Å². The first-order valence-corrected chi connectivity index (χ1v) is 14.0. The number of carbonyl (C=O) groups excluding carboxylic acids is 5. The first-order valence-electron chi connectivity index (χ1n) is 14.0. The molecule has 1 saturated heterocycles. The number of hydrogen-bond donors (Lipinski definition) is 5. The highest BCUT2D eigenvalue weighted by Crippen LogP contribution is 2.14. The Morgan fingerprint density at radius 1 is 0.927 bits per heavy atom. The summed E-state index contributed by atoms with van der Waals surface area (Å²) >= 11 is 0. The Morgan fingerprint density at radius 2 is 1.54 bits per heavy atom. The lowest BCUT2D eigenvalue weighted by atomic mass is 10.0. The largest absolute Gasteiger partial charge is 0.497 e. The van der Waals surface area contributed by atoms with Crippen LogP contribution in [0.15, 0.2) is 24.3 Å². The van der Waals surface area contributed by atoms with Gasteiger partial charge in [0.1, 0.15) is 30.0 Å². The third-order valence-electron chi connectivity index (χ3n) is 6.90. The number of aliphatic hydroxyl groups excluding tert-OH is 1. The third-order valence-corrected chi connectivity index (χ3v) is 6.90. The normalized spacial score (nSPS) is 24.0. The molecule has 12 heteroatoms. The van der Waals surface area contributed by atoms with Crippen molar-refractivity contribution in [1.29, 1.82) is 0 Å². The molecule has 2 rings (SSSR count). The minimum absolute atomic E-state index is 0.0179. The van der Waals surface area contributed by atoms with Gasteiger partial charge in [-0.05, 0) is 49.8 Å². The lowest BCUT2D eigenvalue weighted by molar-refractivity contribution is -0.143. The number of carbonyl (C=O) groups is 5. The van der Waals surface area contributed by atoms with E-state index in [1.54, 1.807) is 31.4 Å². The molecule has 1 heterocycles. The van der Waals surface area contributed by atoms with Gasteiger partial charge in [-0.2, -0.15) is 0 Å². The molecule has 5 amide bonds. The molecule has 0 unspecified atom stereocenters. The Hall–Kier alpha value is -3.67. The van der Waals surface area contributed by atoms with Gasteiger partial charge in [0, 0.05) is 19.0 Å². The van der Waals surface area contributed by atoms with Crippen molar-refractivity contribution < 1.29 is 33.8 Å². The van der Waals surface area contributed by atoms with Crippen molar-refractivity contribution in [3.63, 3.8) is 0 Å². The van der Waals surface area contributed by atoms with Crippen LogP contribution in [-0.4, -0.2) is 90.0 Å². The second-order valence-corrected chi connectivity index (χ2v) is 11.3. The molecule has 12 nitrogen and oxygen atoms in total. The van der Waals surface area contributed by atoms with E-state index >= 15 is 0 Å². The highest BCUT2D eigenvalue weighted by molar-refractivity contribution is 5.95. The van der Waals surface area contributed by atoms with Gasteiger partial charge in [0.25, 0.3) is 5.91 Å². The minimum Gasteiger partial charge on any atom is -0.497 e. The molecule has 1 aromatic rings. The van der Waals surface area contributed by atoms with Gasteiger partial charge in [-0.1, -0.05) is 39.8 Å². The molecule has 0 aromatic heterocycles. The molecule has 1 aromatic carbocycles. The zero-order valence-electron chi connectivity index (χ0n) is 25.0. The van der Waals surface area contributed by atoms with E-state index < -0.39 is 66.4 Å². The fraction of sp³-hybridized carbons (Fsp3) is 0.621. The maximum Gasteiger partial charge on any atom is 0.251 e. The Kier molecular flexibility index (Phi) is 12.6. The first-order chi connectivity index (χ1) is 19.2. The van der Waals surface area contributed by atoms with Crippen LogP contribution in [0.3, 0.4) is 0 Å². The van der Waals surface area contributed by atoms with E-state index in [1.165, 1.54) is 18.7 Å². The van der Waals surface area contributed by atoms with Gasteiger partial charge in [0.05, 0.1) is 13.7 Å². The number of amides is 5. The van der Waals surface area contributed by atoms with Gasteiger partial charge >= 0.3 is 0 Å². The molecule has 0 aliphatic carbocycles. The van der Waals surface area contributed by atoms with Crippen LogP contribution in [0.4, 0.5) is 0 Å². The lowest BCUT2D eigenvalue weighted by Crippen LogP contribution is -2.57. The third kappa shape index (κ3) is 10.3. The van der Waals surface area contributed by atoms with Crippen LogP contribution >= 0.6 is 0 Å². The van der Waals surface area contributed by atoms with Crippen molar-refractivity contribution >= 4 is 29.5 Å². The summed E-state index contributed by atoms with van der Waals surface area (Å²) in [5.74, 6) is -2.41. The first kappa shape index (κ1) is 33.5. The standard InChI is InChI=1S/C29H45N5O7/c1-16(2)12-22-28(39)32-23(13-20-8-10-21(41-7)11-9-20)27(38)30-18(5)26(37)33-24(17(3)4)14-34(15-25(36)31-22)29(40)19(6)35/h8-11,16-19,22-24,35H,12-15H2,1-7H3,(H,30,38)(H,31,36)(H,32,39)(H,33,37)/t18-,19+,22+,23+,24-/m1/s1. The highest BCUT2D eigenvalue weighted by Gasteiger charge is 2.33. The van der Waals surface area contributed by atoms with Crippen molar-refractivity contribution in [2.24, 2.45) is 11.8 Å². The van der Waals surface area contributed by atoms with Gasteiger partial charge < -0.3 is 36.0 Å². The molecular weight excluding hydrogens is 530 g/mol. The quantitative estimate of drug-likeness (QED) is 0.308. The monoisotopic (exact) mass is 575 g/mol. The minimum atomic E-state index is -1.37. The molecule has 228 valence electrons. The van der Waals surface area contributed by atoms with Gasteiger partial charge in [0.2, 0.25) is 23.6 Å². The Labute approximate surface area is 241 Å². The van der Waals surface area contributed by atoms with Gasteiger partial charge in [0.15, 0.2) is 0 Å². The molecule has 1 fully saturated rings. The van der Waals surface area contributed by atoms with Crippen molar-refractivity contribution in [2.45, 2.75) is 84.7 Å². The molecule has 5 N–H and O–H groups in total. The topological polar surface area (TPSA) is 166 Å². The summed E-state index contributed by atoms with van der Waals surface area (Å²) < 4.78 is 5.20. The summed E-state index contributed by atoms with van der Waals surface area (Å²) in [5, 5.41) is 21.0. The van der Waals surface area contributed by atoms with Gasteiger partial charge in [-0.15, -0.1) is 0 Å². The highest BCUT2D eigenvalue weighted by atomic mass is 16.5. The molecule has 1 aliphatic rings. The van der Waals surface area contributed by atoms with Gasteiger partial charge in [-0.3, -0.25) is 24.0 Å². The summed E-state index contributed by atoms with van der Waals surface area (Å²) in [5.41, 5.74) is 0.748. The van der Waals surface area contributed by atoms with Crippen LogP contribution in [0.2, 0.25) is 0 Å². The van der Waals surface area contributed by atoms with Gasteiger partial charge in [-0.25, -0.2) is 0 Å². The number of aliphatic hydroxyl groups is 1. The summed E-state index contributed by atoms with van der Waals surface area (Å²) in [6.07, 6.45) is -0.965. The number of rotatable bonds is 7. The zero-order chi connectivity index (χ0) is 30.9. The van der Waals surface area contributed by atoms with Crippen LogP contribution in [0, 0.1) is 11.8 Å².